The lowest BCUT2D eigenvalue weighted by Crippen LogP contribution is -2.10. The molecule has 0 aromatic heterocycles. The summed E-state index contributed by atoms with van der Waals surface area (Å²) in [6.45, 7) is 0.760. The van der Waals surface area contributed by atoms with Crippen LogP contribution in [0.3, 0.4) is 0 Å². The van der Waals surface area contributed by atoms with Gasteiger partial charge in [-0.3, -0.25) is 4.79 Å². The molecule has 0 saturated heterocycles. The van der Waals surface area contributed by atoms with Crippen molar-refractivity contribution < 1.29 is 45.7 Å². The van der Waals surface area contributed by atoms with E-state index in [-0.39, 0.29) is 29.6 Å². The predicted octanol–water partition coefficient (Wildman–Crippen LogP) is 5.61. The fourth-order valence-corrected chi connectivity index (χ4v) is 3.65. The summed E-state index contributed by atoms with van der Waals surface area (Å²) in [5, 5.41) is 0. The number of carbonyl (C=O) groups excluding carboxylic acids is 1. The minimum Gasteiger partial charge on any atom is -0.489 e. The van der Waals surface area contributed by atoms with Crippen LogP contribution in [0.15, 0.2) is 36.1 Å². The number of Topliss-reactive ketones (excluding diaryl/α,β-unsaturated/α-hetero) is 1. The van der Waals surface area contributed by atoms with Crippen LogP contribution in [0.25, 0.3) is 6.08 Å². The second-order valence-electron chi connectivity index (χ2n) is 7.50. The Bertz CT molecular complexity index is 1370. The van der Waals surface area contributed by atoms with E-state index in [0.717, 1.165) is 0 Å². The number of ketones is 1. The molecule has 2 aliphatic heterocycles. The Morgan fingerprint density at radius 1 is 0.882 bits per heavy atom. The van der Waals surface area contributed by atoms with Crippen LogP contribution in [0.4, 0.5) is 22.0 Å². The van der Waals surface area contributed by atoms with Crippen molar-refractivity contribution in [1.29, 1.82) is 0 Å². The molecule has 0 radical (unpaired) electrons. The molecule has 5 rings (SSSR count). The van der Waals surface area contributed by atoms with E-state index in [1.165, 1.54) is 18.2 Å². The lowest BCUT2D eigenvalue weighted by atomic mass is 10.0. The van der Waals surface area contributed by atoms with Crippen LogP contribution in [0.1, 0.15) is 27.0 Å². The molecule has 0 bridgehead atoms. The monoisotopic (exact) mass is 476 g/mol. The lowest BCUT2D eigenvalue weighted by molar-refractivity contribution is 0.101. The number of rotatable bonds is 4. The second-order valence-corrected chi connectivity index (χ2v) is 7.50. The molecule has 0 N–H and O–H groups in total. The van der Waals surface area contributed by atoms with Gasteiger partial charge in [-0.15, -0.1) is 0 Å². The van der Waals surface area contributed by atoms with Gasteiger partial charge in [0.15, 0.2) is 40.5 Å². The van der Waals surface area contributed by atoms with Crippen molar-refractivity contribution in [3.05, 3.63) is 87.4 Å². The van der Waals surface area contributed by atoms with Gasteiger partial charge >= 0.3 is 0 Å². The maximum absolute atomic E-state index is 13.9. The zero-order valence-electron chi connectivity index (χ0n) is 17.3. The van der Waals surface area contributed by atoms with E-state index in [9.17, 15) is 26.7 Å². The number of hydrogen-bond donors (Lipinski definition) is 0. The van der Waals surface area contributed by atoms with E-state index in [0.29, 0.717) is 22.6 Å². The highest BCUT2D eigenvalue weighted by molar-refractivity contribution is 6.15. The van der Waals surface area contributed by atoms with Gasteiger partial charge in [-0.05, 0) is 42.3 Å². The first-order valence-electron chi connectivity index (χ1n) is 9.86. The standard InChI is InChI=1S/C24H13F5O5/c1-10-4-12(31-8-13-19(25)21(27)23(29)22(28)20(13)26)7-16-18(10)24(30)17(34-16)6-11-2-3-14-15(5-11)33-9-32-14/h2-7H,8-9H2,1H3/b17-6-. The number of allylic oxidation sites excluding steroid dienone is 1. The molecule has 2 heterocycles. The summed E-state index contributed by atoms with van der Waals surface area (Å²) in [6.07, 6.45) is 1.51. The number of benzene rings is 3. The number of halogens is 5. The van der Waals surface area contributed by atoms with Crippen LogP contribution in [-0.4, -0.2) is 12.6 Å². The molecule has 10 heteroatoms. The molecule has 0 aliphatic carbocycles. The van der Waals surface area contributed by atoms with Gasteiger partial charge in [0.2, 0.25) is 18.4 Å². The molecule has 5 nitrogen and oxygen atoms in total. The van der Waals surface area contributed by atoms with Gasteiger partial charge < -0.3 is 18.9 Å². The van der Waals surface area contributed by atoms with Gasteiger partial charge in [0.05, 0.1) is 11.1 Å². The highest BCUT2D eigenvalue weighted by Gasteiger charge is 2.31. The molecule has 0 atom stereocenters. The maximum Gasteiger partial charge on any atom is 0.232 e. The zero-order valence-corrected chi connectivity index (χ0v) is 17.3. The van der Waals surface area contributed by atoms with Crippen molar-refractivity contribution in [2.75, 3.05) is 6.79 Å². The van der Waals surface area contributed by atoms with Crippen molar-refractivity contribution in [3.8, 4) is 23.0 Å². The molecule has 2 aliphatic rings. The van der Waals surface area contributed by atoms with E-state index in [2.05, 4.69) is 0 Å². The van der Waals surface area contributed by atoms with Crippen molar-refractivity contribution in [2.45, 2.75) is 13.5 Å². The molecule has 0 amide bonds. The summed E-state index contributed by atoms with van der Waals surface area (Å²) < 4.78 is 89.4. The summed E-state index contributed by atoms with van der Waals surface area (Å²) in [5.74, 6) is -9.45. The van der Waals surface area contributed by atoms with Crippen LogP contribution in [0, 0.1) is 36.0 Å². The van der Waals surface area contributed by atoms with Crippen molar-refractivity contribution in [3.63, 3.8) is 0 Å². The van der Waals surface area contributed by atoms with Gasteiger partial charge in [-0.1, -0.05) is 6.07 Å². The Morgan fingerprint density at radius 2 is 1.56 bits per heavy atom. The normalized spacial score (nSPS) is 15.0. The predicted molar refractivity (Wildman–Crippen MR) is 107 cm³/mol. The van der Waals surface area contributed by atoms with Crippen LogP contribution >= 0.6 is 0 Å². The molecule has 0 spiro atoms. The van der Waals surface area contributed by atoms with Gasteiger partial charge in [0.25, 0.3) is 0 Å². The Balaban J connectivity index is 1.40. The van der Waals surface area contributed by atoms with E-state index in [1.54, 1.807) is 25.1 Å². The first-order valence-corrected chi connectivity index (χ1v) is 9.86. The summed E-state index contributed by atoms with van der Waals surface area (Å²) in [7, 11) is 0. The fraction of sp³-hybridized carbons (Fsp3) is 0.125. The third-order valence-corrected chi connectivity index (χ3v) is 5.32. The molecule has 0 saturated carbocycles. The summed E-state index contributed by atoms with van der Waals surface area (Å²) in [5.41, 5.74) is 0.204. The molecule has 174 valence electrons. The van der Waals surface area contributed by atoms with Crippen LogP contribution in [-0.2, 0) is 6.61 Å². The minimum absolute atomic E-state index is 0.0114. The average Bonchev–Trinajstić information content (AvgIpc) is 3.40. The third kappa shape index (κ3) is 3.51. The second kappa shape index (κ2) is 8.05. The molecule has 0 unspecified atom stereocenters. The first-order chi connectivity index (χ1) is 16.2. The fourth-order valence-electron chi connectivity index (χ4n) is 3.65. The van der Waals surface area contributed by atoms with Crippen LogP contribution < -0.4 is 18.9 Å². The molecule has 3 aromatic carbocycles. The summed E-state index contributed by atoms with van der Waals surface area (Å²) in [4.78, 5) is 12.8. The SMILES string of the molecule is Cc1cc(OCc2c(F)c(F)c(F)c(F)c2F)cc2c1C(=O)/C(=C/c1ccc3c(c1)OCO3)O2. The summed E-state index contributed by atoms with van der Waals surface area (Å²) in [6, 6.07) is 7.78. The number of fused-ring (bicyclic) bond motifs is 2. The average molecular weight is 476 g/mol. The van der Waals surface area contributed by atoms with Crippen molar-refractivity contribution in [2.24, 2.45) is 0 Å². The first kappa shape index (κ1) is 21.7. The smallest absolute Gasteiger partial charge is 0.232 e. The quantitative estimate of drug-likeness (QED) is 0.212. The van der Waals surface area contributed by atoms with E-state index in [1.807, 2.05) is 0 Å². The Labute approximate surface area is 188 Å². The molecular weight excluding hydrogens is 463 g/mol. The van der Waals surface area contributed by atoms with Gasteiger partial charge in [0.1, 0.15) is 18.1 Å². The lowest BCUT2D eigenvalue weighted by Gasteiger charge is -2.11. The van der Waals surface area contributed by atoms with Gasteiger partial charge in [0, 0.05) is 6.07 Å². The van der Waals surface area contributed by atoms with E-state index >= 15 is 0 Å². The van der Waals surface area contributed by atoms with Crippen LogP contribution in [0.2, 0.25) is 0 Å². The molecule has 3 aromatic rings. The Kier molecular flexibility index (Phi) is 5.15. The highest BCUT2D eigenvalue weighted by Crippen LogP contribution is 2.39. The van der Waals surface area contributed by atoms with E-state index in [4.69, 9.17) is 18.9 Å². The molecular formula is C24H13F5O5. The van der Waals surface area contributed by atoms with Crippen LogP contribution in [0.5, 0.6) is 23.0 Å². The maximum atomic E-state index is 13.9. The molecule has 0 fully saturated rings. The highest BCUT2D eigenvalue weighted by atomic mass is 19.2. The number of ether oxygens (including phenoxy) is 4. The number of carbonyl (C=O) groups is 1. The van der Waals surface area contributed by atoms with Gasteiger partial charge in [-0.2, -0.15) is 0 Å². The zero-order chi connectivity index (χ0) is 24.1. The minimum atomic E-state index is -2.25. The van der Waals surface area contributed by atoms with E-state index < -0.39 is 47.0 Å². The Morgan fingerprint density at radius 3 is 2.29 bits per heavy atom. The number of aryl methyl sites for hydroxylation is 1. The largest absolute Gasteiger partial charge is 0.489 e. The van der Waals surface area contributed by atoms with Crippen molar-refractivity contribution >= 4 is 11.9 Å². The third-order valence-electron chi connectivity index (χ3n) is 5.32. The number of hydrogen-bond acceptors (Lipinski definition) is 5. The Hall–Kier alpha value is -4.08. The van der Waals surface area contributed by atoms with Crippen molar-refractivity contribution in [1.82, 2.24) is 0 Å². The topological polar surface area (TPSA) is 54.0 Å². The van der Waals surface area contributed by atoms with Gasteiger partial charge in [-0.25, -0.2) is 22.0 Å². The molecule has 34 heavy (non-hydrogen) atoms. The summed E-state index contributed by atoms with van der Waals surface area (Å²) >= 11 is 0.